The Bertz CT molecular complexity index is 1070. The highest BCUT2D eigenvalue weighted by molar-refractivity contribution is 6.53. The minimum absolute atomic E-state index is 0.00674. The van der Waals surface area contributed by atoms with Gasteiger partial charge in [-0.25, -0.2) is 4.39 Å². The van der Waals surface area contributed by atoms with E-state index in [1.54, 1.807) is 13.8 Å². The molecule has 1 aromatic carbocycles. The number of benzene rings is 1. The SMILES string of the molecule is COC(=O)CNC(=O)c1c(C)[nH]c(/C=N/N=C2\C(=O)Nc3ccc(F)cc32)c1C. The van der Waals surface area contributed by atoms with Crippen LogP contribution in [0.2, 0.25) is 0 Å². The summed E-state index contributed by atoms with van der Waals surface area (Å²) in [6, 6.07) is 3.89. The Labute approximate surface area is 165 Å². The minimum atomic E-state index is -0.562. The fourth-order valence-corrected chi connectivity index (χ4v) is 2.93. The second-order valence-electron chi connectivity index (χ2n) is 6.26. The van der Waals surface area contributed by atoms with E-state index in [9.17, 15) is 18.8 Å². The topological polar surface area (TPSA) is 125 Å². The van der Waals surface area contributed by atoms with Crippen molar-refractivity contribution in [1.82, 2.24) is 10.3 Å². The first kappa shape index (κ1) is 19.9. The number of hydrogen-bond acceptors (Lipinski definition) is 6. The molecule has 0 saturated carbocycles. The summed E-state index contributed by atoms with van der Waals surface area (Å²) in [5, 5.41) is 12.9. The Balaban J connectivity index is 1.81. The van der Waals surface area contributed by atoms with E-state index < -0.39 is 23.6 Å². The molecule has 9 nitrogen and oxygen atoms in total. The molecular weight excluding hydrogens is 381 g/mol. The van der Waals surface area contributed by atoms with E-state index in [0.717, 1.165) is 0 Å². The molecule has 0 spiro atoms. The number of carbonyl (C=O) groups excluding carboxylic acids is 3. The summed E-state index contributed by atoms with van der Waals surface area (Å²) in [5.41, 5.74) is 2.83. The van der Waals surface area contributed by atoms with Gasteiger partial charge in [-0.2, -0.15) is 5.10 Å². The molecule has 150 valence electrons. The van der Waals surface area contributed by atoms with Gasteiger partial charge in [-0.1, -0.05) is 0 Å². The number of anilines is 1. The van der Waals surface area contributed by atoms with E-state index in [0.29, 0.717) is 33.8 Å². The van der Waals surface area contributed by atoms with Gasteiger partial charge in [0, 0.05) is 11.3 Å². The third kappa shape index (κ3) is 4.05. The van der Waals surface area contributed by atoms with Crippen molar-refractivity contribution in [3.05, 3.63) is 52.1 Å². The van der Waals surface area contributed by atoms with Crippen LogP contribution in [0.4, 0.5) is 10.1 Å². The highest BCUT2D eigenvalue weighted by Crippen LogP contribution is 2.24. The number of nitrogens with zero attached hydrogens (tertiary/aromatic N) is 2. The summed E-state index contributed by atoms with van der Waals surface area (Å²) < 4.78 is 17.9. The molecule has 2 heterocycles. The number of aromatic amines is 1. The zero-order valence-electron chi connectivity index (χ0n) is 15.9. The first-order chi connectivity index (χ1) is 13.8. The lowest BCUT2D eigenvalue weighted by molar-refractivity contribution is -0.139. The quantitative estimate of drug-likeness (QED) is 0.400. The van der Waals surface area contributed by atoms with E-state index in [2.05, 4.69) is 30.6 Å². The summed E-state index contributed by atoms with van der Waals surface area (Å²) >= 11 is 0. The van der Waals surface area contributed by atoms with Gasteiger partial charge < -0.3 is 20.4 Å². The smallest absolute Gasteiger partial charge is 0.325 e. The first-order valence-electron chi connectivity index (χ1n) is 8.58. The van der Waals surface area contributed by atoms with Gasteiger partial charge >= 0.3 is 5.97 Å². The number of methoxy groups -OCH3 is 1. The van der Waals surface area contributed by atoms with Crippen LogP contribution in [0.25, 0.3) is 0 Å². The van der Waals surface area contributed by atoms with Gasteiger partial charge in [-0.3, -0.25) is 14.4 Å². The van der Waals surface area contributed by atoms with Crippen LogP contribution in [0, 0.1) is 19.7 Å². The molecule has 3 rings (SSSR count). The fraction of sp³-hybridized carbons (Fsp3) is 0.211. The number of aryl methyl sites for hydroxylation is 1. The van der Waals surface area contributed by atoms with E-state index in [-0.39, 0.29) is 12.3 Å². The Morgan fingerprint density at radius 3 is 2.79 bits per heavy atom. The van der Waals surface area contributed by atoms with E-state index in [4.69, 9.17) is 0 Å². The van der Waals surface area contributed by atoms with Crippen molar-refractivity contribution >= 4 is 35.4 Å². The van der Waals surface area contributed by atoms with Crippen molar-refractivity contribution in [3.8, 4) is 0 Å². The number of ether oxygens (including phenoxy) is 1. The van der Waals surface area contributed by atoms with Crippen LogP contribution in [-0.4, -0.2) is 48.3 Å². The van der Waals surface area contributed by atoms with Gasteiger partial charge in [0.2, 0.25) is 0 Å². The van der Waals surface area contributed by atoms with Crippen LogP contribution in [0.1, 0.15) is 32.9 Å². The number of amides is 2. The first-order valence-corrected chi connectivity index (χ1v) is 8.58. The molecule has 0 fully saturated rings. The zero-order chi connectivity index (χ0) is 21.1. The molecule has 0 unspecified atom stereocenters. The number of H-pyrrole nitrogens is 1. The lowest BCUT2D eigenvalue weighted by Gasteiger charge is -2.04. The van der Waals surface area contributed by atoms with Gasteiger partial charge in [0.05, 0.1) is 30.3 Å². The predicted molar refractivity (Wildman–Crippen MR) is 104 cm³/mol. The molecule has 1 aliphatic rings. The van der Waals surface area contributed by atoms with E-state index in [1.807, 2.05) is 0 Å². The summed E-state index contributed by atoms with van der Waals surface area (Å²) in [5.74, 6) is -1.97. The average Bonchev–Trinajstić information content (AvgIpc) is 3.15. The van der Waals surface area contributed by atoms with Crippen molar-refractivity contribution in [2.45, 2.75) is 13.8 Å². The number of carbonyl (C=O) groups is 3. The van der Waals surface area contributed by atoms with Gasteiger partial charge in [-0.15, -0.1) is 5.10 Å². The van der Waals surface area contributed by atoms with Crippen molar-refractivity contribution in [2.75, 3.05) is 19.0 Å². The minimum Gasteiger partial charge on any atom is -0.468 e. The van der Waals surface area contributed by atoms with Crippen LogP contribution >= 0.6 is 0 Å². The molecular formula is C19H18FN5O4. The zero-order valence-corrected chi connectivity index (χ0v) is 15.9. The summed E-state index contributed by atoms with van der Waals surface area (Å²) in [6.45, 7) is 3.16. The molecule has 1 aliphatic heterocycles. The van der Waals surface area contributed by atoms with Crippen LogP contribution < -0.4 is 10.6 Å². The number of hydrogen-bond donors (Lipinski definition) is 3. The molecule has 0 radical (unpaired) electrons. The third-order valence-electron chi connectivity index (χ3n) is 4.37. The fourth-order valence-electron chi connectivity index (χ4n) is 2.93. The molecule has 2 aromatic rings. The van der Waals surface area contributed by atoms with Crippen LogP contribution in [0.5, 0.6) is 0 Å². The van der Waals surface area contributed by atoms with Crippen molar-refractivity contribution in [2.24, 2.45) is 10.2 Å². The van der Waals surface area contributed by atoms with E-state index >= 15 is 0 Å². The van der Waals surface area contributed by atoms with Crippen molar-refractivity contribution in [1.29, 1.82) is 0 Å². The van der Waals surface area contributed by atoms with E-state index in [1.165, 1.54) is 31.5 Å². The molecule has 0 aliphatic carbocycles. The predicted octanol–water partition coefficient (Wildman–Crippen LogP) is 1.45. The lowest BCUT2D eigenvalue weighted by Crippen LogP contribution is -2.30. The maximum atomic E-state index is 13.5. The highest BCUT2D eigenvalue weighted by Gasteiger charge is 2.26. The van der Waals surface area contributed by atoms with Gasteiger partial charge in [0.15, 0.2) is 5.71 Å². The number of aromatic nitrogens is 1. The summed E-state index contributed by atoms with van der Waals surface area (Å²) in [6.07, 6.45) is 1.36. The van der Waals surface area contributed by atoms with Gasteiger partial charge in [0.25, 0.3) is 11.8 Å². The van der Waals surface area contributed by atoms with Crippen LogP contribution in [0.15, 0.2) is 28.4 Å². The second kappa shape index (κ2) is 8.05. The standard InChI is InChI=1S/C19H18FN5O4/c1-9-14(23-10(2)16(9)18(27)21-8-15(26)29-3)7-22-25-17-12-6-11(20)4-5-13(12)24-19(17)28/h4-7,23H,8H2,1-3H3,(H,21,27)(H,24,25,28)/b22-7+. The maximum absolute atomic E-state index is 13.5. The Kier molecular flexibility index (Phi) is 5.53. The normalized spacial score (nSPS) is 14.2. The number of halogens is 1. The molecule has 2 amide bonds. The Hall–Kier alpha value is -3.82. The lowest BCUT2D eigenvalue weighted by atomic mass is 10.1. The molecule has 0 saturated heterocycles. The molecule has 1 aromatic heterocycles. The highest BCUT2D eigenvalue weighted by atomic mass is 19.1. The molecule has 10 heteroatoms. The number of nitrogens with one attached hydrogen (secondary N) is 3. The largest absolute Gasteiger partial charge is 0.468 e. The molecule has 0 bridgehead atoms. The number of esters is 1. The Morgan fingerprint density at radius 1 is 1.31 bits per heavy atom. The van der Waals surface area contributed by atoms with Crippen molar-refractivity contribution in [3.63, 3.8) is 0 Å². The molecule has 3 N–H and O–H groups in total. The second-order valence-corrected chi connectivity index (χ2v) is 6.26. The maximum Gasteiger partial charge on any atom is 0.325 e. The summed E-state index contributed by atoms with van der Waals surface area (Å²) in [4.78, 5) is 38.5. The van der Waals surface area contributed by atoms with Crippen LogP contribution in [0.3, 0.4) is 0 Å². The van der Waals surface area contributed by atoms with Gasteiger partial charge in [0.1, 0.15) is 12.4 Å². The average molecular weight is 399 g/mol. The molecule has 29 heavy (non-hydrogen) atoms. The third-order valence-corrected chi connectivity index (χ3v) is 4.37. The van der Waals surface area contributed by atoms with Crippen LogP contribution in [-0.2, 0) is 14.3 Å². The number of fused-ring (bicyclic) bond motifs is 1. The van der Waals surface area contributed by atoms with Gasteiger partial charge in [-0.05, 0) is 37.6 Å². The summed E-state index contributed by atoms with van der Waals surface area (Å²) in [7, 11) is 1.23. The monoisotopic (exact) mass is 399 g/mol. The van der Waals surface area contributed by atoms with Crippen molar-refractivity contribution < 1.29 is 23.5 Å². The molecule has 0 atom stereocenters. The number of rotatable bonds is 5. The Morgan fingerprint density at radius 2 is 2.07 bits per heavy atom.